The number of aliphatic carboxylic acids is 1. The molecule has 17 heavy (non-hydrogen) atoms. The van der Waals surface area contributed by atoms with Crippen molar-refractivity contribution in [2.45, 2.75) is 13.3 Å². The van der Waals surface area contributed by atoms with E-state index >= 15 is 0 Å². The third kappa shape index (κ3) is 3.39. The molecule has 0 atom stereocenters. The van der Waals surface area contributed by atoms with Crippen LogP contribution in [0.4, 0.5) is 0 Å². The Morgan fingerprint density at radius 1 is 1.41 bits per heavy atom. The Bertz CT molecular complexity index is 426. The average Bonchev–Trinajstić information content (AvgIpc) is 2.35. The number of ether oxygens (including phenoxy) is 1. The van der Waals surface area contributed by atoms with Crippen molar-refractivity contribution in [1.82, 2.24) is 5.43 Å². The monoisotopic (exact) mass is 237 g/mol. The van der Waals surface area contributed by atoms with Crippen LogP contribution in [0.2, 0.25) is 0 Å². The van der Waals surface area contributed by atoms with Crippen LogP contribution in [0, 0.1) is 0 Å². The molecule has 0 saturated heterocycles. The molecule has 0 aromatic heterocycles. The van der Waals surface area contributed by atoms with Crippen molar-refractivity contribution in [2.24, 2.45) is 11.6 Å². The summed E-state index contributed by atoms with van der Waals surface area (Å²) in [6, 6.07) is 7.18. The summed E-state index contributed by atoms with van der Waals surface area (Å²) in [5.41, 5.74) is 8.07. The Hall–Kier alpha value is -2.21. The van der Waals surface area contributed by atoms with Crippen molar-refractivity contribution < 1.29 is 14.6 Å². The lowest BCUT2D eigenvalue weighted by molar-refractivity contribution is -0.132. The molecule has 1 aromatic rings. The third-order valence-electron chi connectivity index (χ3n) is 2.16. The summed E-state index contributed by atoms with van der Waals surface area (Å²) in [5.74, 6) is 4.10. The molecular weight excluding hydrogens is 222 g/mol. The SMILES string of the molecule is CCc1ccc(O/C(NN)=C(/N)C(=O)O)cc1. The molecule has 0 saturated carbocycles. The van der Waals surface area contributed by atoms with Gasteiger partial charge in [-0.05, 0) is 24.1 Å². The largest absolute Gasteiger partial charge is 0.476 e. The van der Waals surface area contributed by atoms with Crippen LogP contribution in [0.25, 0.3) is 0 Å². The molecular formula is C11H15N3O3. The second kappa shape index (κ2) is 5.76. The minimum atomic E-state index is -1.30. The number of hydrogen-bond acceptors (Lipinski definition) is 5. The van der Waals surface area contributed by atoms with E-state index in [1.807, 2.05) is 19.1 Å². The summed E-state index contributed by atoms with van der Waals surface area (Å²) in [7, 11) is 0. The van der Waals surface area contributed by atoms with Crippen molar-refractivity contribution >= 4 is 5.97 Å². The first kappa shape index (κ1) is 12.9. The van der Waals surface area contributed by atoms with Gasteiger partial charge in [0.2, 0.25) is 5.88 Å². The fraction of sp³-hybridized carbons (Fsp3) is 0.182. The van der Waals surface area contributed by atoms with E-state index in [1.54, 1.807) is 12.1 Å². The van der Waals surface area contributed by atoms with Crippen molar-refractivity contribution in [3.8, 4) is 5.75 Å². The smallest absolute Gasteiger partial charge is 0.357 e. The van der Waals surface area contributed by atoms with Crippen LogP contribution in [-0.2, 0) is 11.2 Å². The van der Waals surface area contributed by atoms with E-state index in [9.17, 15) is 4.79 Å². The summed E-state index contributed by atoms with van der Waals surface area (Å²) in [6.07, 6.45) is 0.912. The Labute approximate surface area is 98.8 Å². The summed E-state index contributed by atoms with van der Waals surface area (Å²) >= 11 is 0. The Morgan fingerprint density at radius 3 is 2.41 bits per heavy atom. The number of aryl methyl sites for hydroxylation is 1. The Kier molecular flexibility index (Phi) is 4.36. The van der Waals surface area contributed by atoms with Crippen LogP contribution >= 0.6 is 0 Å². The van der Waals surface area contributed by atoms with E-state index in [4.69, 9.17) is 21.4 Å². The fourth-order valence-corrected chi connectivity index (χ4v) is 1.17. The predicted octanol–water partition coefficient (Wildman–Crippen LogP) is 0.304. The van der Waals surface area contributed by atoms with E-state index in [0.29, 0.717) is 5.75 Å². The highest BCUT2D eigenvalue weighted by Gasteiger charge is 2.11. The zero-order valence-electron chi connectivity index (χ0n) is 9.43. The highest BCUT2D eigenvalue weighted by molar-refractivity contribution is 5.85. The molecule has 0 aliphatic carbocycles. The number of nitrogens with one attached hydrogen (secondary N) is 1. The van der Waals surface area contributed by atoms with E-state index in [-0.39, 0.29) is 5.88 Å². The number of hydrogen-bond donors (Lipinski definition) is 4. The molecule has 6 nitrogen and oxygen atoms in total. The number of hydrazine groups is 1. The van der Waals surface area contributed by atoms with Gasteiger partial charge in [0.05, 0.1) is 0 Å². The molecule has 0 aliphatic rings. The lowest BCUT2D eigenvalue weighted by atomic mass is 10.2. The number of carbonyl (C=O) groups is 1. The second-order valence-electron chi connectivity index (χ2n) is 3.29. The van der Waals surface area contributed by atoms with E-state index in [1.165, 1.54) is 0 Å². The maximum absolute atomic E-state index is 10.6. The van der Waals surface area contributed by atoms with Gasteiger partial charge >= 0.3 is 5.97 Å². The summed E-state index contributed by atoms with van der Waals surface area (Å²) in [5, 5.41) is 8.69. The van der Waals surface area contributed by atoms with E-state index < -0.39 is 11.7 Å². The van der Waals surface area contributed by atoms with Crippen LogP contribution in [0.15, 0.2) is 35.8 Å². The topological polar surface area (TPSA) is 111 Å². The van der Waals surface area contributed by atoms with Crippen molar-refractivity contribution in [3.05, 3.63) is 41.4 Å². The molecule has 0 spiro atoms. The second-order valence-corrected chi connectivity index (χ2v) is 3.29. The Morgan fingerprint density at radius 2 is 2.00 bits per heavy atom. The van der Waals surface area contributed by atoms with Gasteiger partial charge in [-0.25, -0.2) is 10.6 Å². The van der Waals surface area contributed by atoms with Gasteiger partial charge in [0.1, 0.15) is 5.75 Å². The molecule has 0 unspecified atom stereocenters. The lowest BCUT2D eigenvalue weighted by Gasteiger charge is -2.10. The number of carboxylic acids is 1. The zero-order valence-corrected chi connectivity index (χ0v) is 9.43. The lowest BCUT2D eigenvalue weighted by Crippen LogP contribution is -2.31. The van der Waals surface area contributed by atoms with Crippen LogP contribution in [0.1, 0.15) is 12.5 Å². The molecule has 0 radical (unpaired) electrons. The van der Waals surface area contributed by atoms with Gasteiger partial charge in [0, 0.05) is 0 Å². The van der Waals surface area contributed by atoms with Gasteiger partial charge in [0.25, 0.3) is 0 Å². The summed E-state index contributed by atoms with van der Waals surface area (Å²) < 4.78 is 5.22. The number of benzene rings is 1. The van der Waals surface area contributed by atoms with Crippen molar-refractivity contribution in [1.29, 1.82) is 0 Å². The van der Waals surface area contributed by atoms with Crippen molar-refractivity contribution in [2.75, 3.05) is 0 Å². The number of carboxylic acid groups (broad SMARTS) is 1. The van der Waals surface area contributed by atoms with Gasteiger partial charge in [-0.3, -0.25) is 5.43 Å². The minimum absolute atomic E-state index is 0.193. The molecule has 0 fully saturated rings. The highest BCUT2D eigenvalue weighted by atomic mass is 16.5. The predicted molar refractivity (Wildman–Crippen MR) is 62.6 cm³/mol. The van der Waals surface area contributed by atoms with Crippen LogP contribution in [-0.4, -0.2) is 11.1 Å². The molecule has 0 heterocycles. The molecule has 0 aliphatic heterocycles. The quantitative estimate of drug-likeness (QED) is 0.254. The molecule has 1 rings (SSSR count). The molecule has 1 aromatic carbocycles. The van der Waals surface area contributed by atoms with Gasteiger partial charge < -0.3 is 15.6 Å². The molecule has 0 amide bonds. The summed E-state index contributed by atoms with van der Waals surface area (Å²) in [6.45, 7) is 2.03. The molecule has 92 valence electrons. The summed E-state index contributed by atoms with van der Waals surface area (Å²) in [4.78, 5) is 10.6. The molecule has 6 N–H and O–H groups in total. The van der Waals surface area contributed by atoms with E-state index in [0.717, 1.165) is 12.0 Å². The van der Waals surface area contributed by atoms with Gasteiger partial charge in [-0.1, -0.05) is 19.1 Å². The number of rotatable bonds is 5. The Balaban J connectivity index is 2.88. The first-order valence-electron chi connectivity index (χ1n) is 5.05. The van der Waals surface area contributed by atoms with Crippen LogP contribution < -0.4 is 21.7 Å². The van der Waals surface area contributed by atoms with Gasteiger partial charge in [0.15, 0.2) is 5.70 Å². The highest BCUT2D eigenvalue weighted by Crippen LogP contribution is 2.15. The standard InChI is InChI=1S/C11H15N3O3/c1-2-7-3-5-8(6-4-7)17-10(14-13)9(12)11(15)16/h3-6,14H,2,12-13H2,1H3,(H,15,16)/b10-9+. The first-order valence-corrected chi connectivity index (χ1v) is 5.05. The van der Waals surface area contributed by atoms with Crippen LogP contribution in [0.5, 0.6) is 5.75 Å². The average molecular weight is 237 g/mol. The van der Waals surface area contributed by atoms with E-state index in [2.05, 4.69) is 5.43 Å². The molecule has 0 bridgehead atoms. The zero-order chi connectivity index (χ0) is 12.8. The minimum Gasteiger partial charge on any atom is -0.476 e. The normalized spacial score (nSPS) is 11.6. The molecule has 6 heteroatoms. The fourth-order valence-electron chi connectivity index (χ4n) is 1.17. The van der Waals surface area contributed by atoms with Gasteiger partial charge in [-0.2, -0.15) is 0 Å². The first-order chi connectivity index (χ1) is 8.08. The van der Waals surface area contributed by atoms with Crippen LogP contribution in [0.3, 0.4) is 0 Å². The van der Waals surface area contributed by atoms with Crippen molar-refractivity contribution in [3.63, 3.8) is 0 Å². The maximum Gasteiger partial charge on any atom is 0.357 e. The van der Waals surface area contributed by atoms with Gasteiger partial charge in [-0.15, -0.1) is 0 Å². The maximum atomic E-state index is 10.6. The number of nitrogens with two attached hydrogens (primary N) is 2. The third-order valence-corrected chi connectivity index (χ3v) is 2.16.